The van der Waals surface area contributed by atoms with Crippen molar-refractivity contribution in [1.29, 1.82) is 0 Å². The molecule has 0 saturated carbocycles. The quantitative estimate of drug-likeness (QED) is 0.922. The van der Waals surface area contributed by atoms with E-state index in [1.165, 1.54) is 12.1 Å². The molecule has 0 aliphatic carbocycles. The van der Waals surface area contributed by atoms with Gasteiger partial charge in [0.1, 0.15) is 0 Å². The number of hydrogen-bond acceptors (Lipinski definition) is 2. The first-order chi connectivity index (χ1) is 8.37. The van der Waals surface area contributed by atoms with Crippen molar-refractivity contribution in [1.82, 2.24) is 4.90 Å². The third kappa shape index (κ3) is 2.97. The van der Waals surface area contributed by atoms with Gasteiger partial charge in [-0.05, 0) is 17.7 Å². The molecule has 1 aliphatic rings. The predicted molar refractivity (Wildman–Crippen MR) is 63.3 cm³/mol. The van der Waals surface area contributed by atoms with Crippen LogP contribution >= 0.6 is 11.6 Å². The minimum atomic E-state index is -2.63. The molecule has 3 nitrogen and oxygen atoms in total. The summed E-state index contributed by atoms with van der Waals surface area (Å²) in [6.45, 7) is 0.363. The fraction of sp³-hybridized carbons (Fsp3) is 0.417. The van der Waals surface area contributed by atoms with Gasteiger partial charge in [-0.3, -0.25) is 4.90 Å². The van der Waals surface area contributed by atoms with E-state index in [0.717, 1.165) is 0 Å². The van der Waals surface area contributed by atoms with Crippen molar-refractivity contribution in [2.24, 2.45) is 0 Å². The molecular weight excluding hydrogens is 264 g/mol. The lowest BCUT2D eigenvalue weighted by molar-refractivity contribution is 0.0115. The van der Waals surface area contributed by atoms with Gasteiger partial charge in [-0.1, -0.05) is 17.7 Å². The van der Waals surface area contributed by atoms with E-state index < -0.39 is 11.9 Å². The van der Waals surface area contributed by atoms with Crippen molar-refractivity contribution in [2.45, 2.75) is 18.9 Å². The summed E-state index contributed by atoms with van der Waals surface area (Å²) in [5.74, 6) is -3.69. The molecule has 1 saturated heterocycles. The fourth-order valence-corrected chi connectivity index (χ4v) is 2.23. The van der Waals surface area contributed by atoms with Gasteiger partial charge in [-0.25, -0.2) is 13.6 Å². The Bertz CT molecular complexity index is 479. The zero-order chi connectivity index (χ0) is 13.3. The summed E-state index contributed by atoms with van der Waals surface area (Å²) in [4.78, 5) is 12.3. The van der Waals surface area contributed by atoms with E-state index >= 15 is 0 Å². The molecule has 0 radical (unpaired) electrons. The highest BCUT2D eigenvalue weighted by molar-refractivity contribution is 6.31. The van der Waals surface area contributed by atoms with Crippen LogP contribution < -0.4 is 0 Å². The summed E-state index contributed by atoms with van der Waals surface area (Å²) in [5.41, 5.74) is 0.759. The zero-order valence-corrected chi connectivity index (χ0v) is 10.3. The lowest BCUT2D eigenvalue weighted by Crippen LogP contribution is -2.25. The topological polar surface area (TPSA) is 40.5 Å². The number of halogens is 3. The molecule has 1 heterocycles. The second-order valence-electron chi connectivity index (χ2n) is 4.43. The number of likely N-dealkylation sites (tertiary alicyclic amines) is 1. The number of alkyl halides is 2. The van der Waals surface area contributed by atoms with Crippen molar-refractivity contribution < 1.29 is 18.7 Å². The Morgan fingerprint density at radius 2 is 2.22 bits per heavy atom. The van der Waals surface area contributed by atoms with Crippen molar-refractivity contribution in [2.75, 3.05) is 13.1 Å². The van der Waals surface area contributed by atoms with Gasteiger partial charge in [-0.2, -0.15) is 0 Å². The van der Waals surface area contributed by atoms with E-state index in [9.17, 15) is 13.6 Å². The molecule has 0 aromatic heterocycles. The number of benzene rings is 1. The molecule has 1 N–H and O–H groups in total. The molecule has 0 unspecified atom stereocenters. The standard InChI is InChI=1S/C12H12ClF2NO2/c13-10-5-8(11(17)18)1-2-9(10)6-16-4-3-12(14,15)7-16/h1-2,5H,3-4,6-7H2,(H,17,18). The van der Waals surface area contributed by atoms with Crippen molar-refractivity contribution in [3.63, 3.8) is 0 Å². The summed E-state index contributed by atoms with van der Waals surface area (Å²) >= 11 is 5.95. The zero-order valence-electron chi connectivity index (χ0n) is 9.50. The van der Waals surface area contributed by atoms with Gasteiger partial charge in [0.25, 0.3) is 5.92 Å². The fourth-order valence-electron chi connectivity index (χ4n) is 1.99. The summed E-state index contributed by atoms with van der Waals surface area (Å²) < 4.78 is 26.0. The molecular formula is C12H12ClF2NO2. The summed E-state index contributed by atoms with van der Waals surface area (Å²) in [6, 6.07) is 4.34. The molecule has 0 bridgehead atoms. The third-order valence-electron chi connectivity index (χ3n) is 2.94. The normalized spacial score (nSPS) is 19.1. The van der Waals surface area contributed by atoms with Crippen LogP contribution in [0.1, 0.15) is 22.3 Å². The van der Waals surface area contributed by atoms with Crippen LogP contribution in [-0.2, 0) is 6.54 Å². The van der Waals surface area contributed by atoms with E-state index in [1.807, 2.05) is 0 Å². The van der Waals surface area contributed by atoms with E-state index in [4.69, 9.17) is 16.7 Å². The van der Waals surface area contributed by atoms with Crippen molar-refractivity contribution >= 4 is 17.6 Å². The third-order valence-corrected chi connectivity index (χ3v) is 3.29. The SMILES string of the molecule is O=C(O)c1ccc(CN2CCC(F)(F)C2)c(Cl)c1. The van der Waals surface area contributed by atoms with Crippen molar-refractivity contribution in [3.8, 4) is 0 Å². The number of aromatic carboxylic acids is 1. The Labute approximate surface area is 108 Å². The van der Waals surface area contributed by atoms with E-state index in [2.05, 4.69) is 0 Å². The number of hydrogen-bond donors (Lipinski definition) is 1. The summed E-state index contributed by atoms with van der Waals surface area (Å²) in [7, 11) is 0. The van der Waals surface area contributed by atoms with Crippen LogP contribution in [0, 0.1) is 0 Å². The first kappa shape index (κ1) is 13.2. The Hall–Kier alpha value is -1.20. The minimum absolute atomic E-state index is 0.0931. The number of carboxylic acids is 1. The van der Waals surface area contributed by atoms with Gasteiger partial charge in [0, 0.05) is 24.5 Å². The Balaban J connectivity index is 2.09. The van der Waals surface area contributed by atoms with Gasteiger partial charge < -0.3 is 5.11 Å². The van der Waals surface area contributed by atoms with E-state index in [-0.39, 0.29) is 18.5 Å². The van der Waals surface area contributed by atoms with Crippen LogP contribution in [0.4, 0.5) is 8.78 Å². The van der Waals surface area contributed by atoms with Crippen LogP contribution in [0.3, 0.4) is 0 Å². The van der Waals surface area contributed by atoms with Crippen LogP contribution in [0.2, 0.25) is 5.02 Å². The molecule has 2 rings (SSSR count). The van der Waals surface area contributed by atoms with Gasteiger partial charge in [-0.15, -0.1) is 0 Å². The molecule has 1 aliphatic heterocycles. The van der Waals surface area contributed by atoms with Crippen LogP contribution in [0.5, 0.6) is 0 Å². The van der Waals surface area contributed by atoms with Gasteiger partial charge in [0.2, 0.25) is 0 Å². The van der Waals surface area contributed by atoms with Gasteiger partial charge in [0.15, 0.2) is 0 Å². The minimum Gasteiger partial charge on any atom is -0.478 e. The van der Waals surface area contributed by atoms with Crippen LogP contribution in [-0.4, -0.2) is 35.0 Å². The lowest BCUT2D eigenvalue weighted by Gasteiger charge is -2.16. The second kappa shape index (κ2) is 4.82. The largest absolute Gasteiger partial charge is 0.478 e. The predicted octanol–water partition coefficient (Wildman–Crippen LogP) is 2.88. The Morgan fingerprint density at radius 3 is 2.72 bits per heavy atom. The Kier molecular flexibility index (Phi) is 3.54. The second-order valence-corrected chi connectivity index (χ2v) is 4.84. The molecule has 1 aromatic rings. The molecule has 6 heteroatoms. The monoisotopic (exact) mass is 275 g/mol. The van der Waals surface area contributed by atoms with Crippen LogP contribution in [0.15, 0.2) is 18.2 Å². The van der Waals surface area contributed by atoms with E-state index in [1.54, 1.807) is 11.0 Å². The number of carboxylic acid groups (broad SMARTS) is 1. The smallest absolute Gasteiger partial charge is 0.335 e. The maximum Gasteiger partial charge on any atom is 0.335 e. The molecule has 0 spiro atoms. The molecule has 1 fully saturated rings. The first-order valence-corrected chi connectivity index (χ1v) is 5.87. The number of nitrogens with zero attached hydrogens (tertiary/aromatic N) is 1. The van der Waals surface area contributed by atoms with Gasteiger partial charge in [0.05, 0.1) is 12.1 Å². The molecule has 1 aromatic carbocycles. The molecule has 0 atom stereocenters. The molecule has 0 amide bonds. The highest BCUT2D eigenvalue weighted by atomic mass is 35.5. The van der Waals surface area contributed by atoms with Gasteiger partial charge >= 0.3 is 5.97 Å². The molecule has 98 valence electrons. The molecule has 18 heavy (non-hydrogen) atoms. The van der Waals surface area contributed by atoms with Crippen molar-refractivity contribution in [3.05, 3.63) is 34.3 Å². The maximum absolute atomic E-state index is 13.0. The average molecular weight is 276 g/mol. The maximum atomic E-state index is 13.0. The van der Waals surface area contributed by atoms with E-state index in [0.29, 0.717) is 23.7 Å². The highest BCUT2D eigenvalue weighted by Crippen LogP contribution is 2.29. The summed E-state index contributed by atoms with van der Waals surface area (Å²) in [5, 5.41) is 9.08. The number of rotatable bonds is 3. The first-order valence-electron chi connectivity index (χ1n) is 5.49. The van der Waals surface area contributed by atoms with Crippen LogP contribution in [0.25, 0.3) is 0 Å². The lowest BCUT2D eigenvalue weighted by atomic mass is 10.1. The summed E-state index contributed by atoms with van der Waals surface area (Å²) in [6.07, 6.45) is -0.141. The average Bonchev–Trinajstić information content (AvgIpc) is 2.61. The Morgan fingerprint density at radius 1 is 1.50 bits per heavy atom. The highest BCUT2D eigenvalue weighted by Gasteiger charge is 2.38. The number of carbonyl (C=O) groups is 1.